The summed E-state index contributed by atoms with van der Waals surface area (Å²) in [7, 11) is 0. The number of ether oxygens (including phenoxy) is 8. The van der Waals surface area contributed by atoms with Crippen LogP contribution >= 0.6 is 0 Å². The summed E-state index contributed by atoms with van der Waals surface area (Å²) in [5.74, 6) is -15.4. The van der Waals surface area contributed by atoms with Crippen molar-refractivity contribution in [1.82, 2.24) is 19.6 Å². The Balaban J connectivity index is 1.25. The Kier molecular flexibility index (Phi) is 22.3. The molecule has 0 spiro atoms. The first-order chi connectivity index (χ1) is 51.3. The molecule has 22 nitrogen and oxygen atoms in total. The maximum Gasteiger partial charge on any atom is 0.333 e. The Morgan fingerprint density at radius 3 is 0.731 bits per heavy atom. The average molecular weight is 1480 g/mol. The minimum atomic E-state index is -1.72. The first-order valence-corrected chi connectivity index (χ1v) is 34.1. The molecule has 0 fully saturated rings. The lowest BCUT2D eigenvalue weighted by Crippen LogP contribution is -2.57. The number of benzene rings is 9. The molecule has 2 atom stereocenters. The number of nitrogens with zero attached hydrogens (tertiary/aromatic N) is 4. The van der Waals surface area contributed by atoms with Crippen LogP contribution in [0.15, 0.2) is 170 Å². The highest BCUT2D eigenvalue weighted by molar-refractivity contribution is 6.45. The third kappa shape index (κ3) is 15.4. The summed E-state index contributed by atoms with van der Waals surface area (Å²) in [4.78, 5) is 151. The minimum absolute atomic E-state index is 0.0400. The summed E-state index contributed by atoms with van der Waals surface area (Å²) in [5, 5.41) is -0.786. The minimum Gasteiger partial charge on any atom is -0.460 e. The van der Waals surface area contributed by atoms with E-state index in [1.165, 1.54) is 100 Å². The van der Waals surface area contributed by atoms with Gasteiger partial charge in [0.25, 0.3) is 23.6 Å². The van der Waals surface area contributed by atoms with Gasteiger partial charge in [0.15, 0.2) is 0 Å². The van der Waals surface area contributed by atoms with Gasteiger partial charge in [-0.05, 0) is 161 Å². The van der Waals surface area contributed by atoms with Crippen LogP contribution in [0.1, 0.15) is 96.8 Å². The van der Waals surface area contributed by atoms with Crippen molar-refractivity contribution in [3.05, 3.63) is 215 Å². The maximum absolute atomic E-state index is 16.3. The van der Waals surface area contributed by atoms with E-state index in [9.17, 15) is 19.2 Å². The van der Waals surface area contributed by atoms with Crippen LogP contribution in [-0.4, -0.2) is 144 Å². The third-order valence-corrected chi connectivity index (χ3v) is 17.8. The number of halogens is 4. The number of imide groups is 2. The molecule has 2 unspecified atom stereocenters. The van der Waals surface area contributed by atoms with Gasteiger partial charge in [-0.2, -0.15) is 0 Å². The average Bonchev–Trinajstić information content (AvgIpc) is 0.670. The fraction of sp³-hybridized carbons (Fsp3) is 0.244. The second-order valence-corrected chi connectivity index (χ2v) is 26.6. The van der Waals surface area contributed by atoms with Gasteiger partial charge in [0.05, 0.1) is 48.4 Å². The van der Waals surface area contributed by atoms with Crippen molar-refractivity contribution < 1.29 is 103 Å². The number of fused-ring (bicyclic) bond motifs is 2. The van der Waals surface area contributed by atoms with Crippen molar-refractivity contribution in [1.29, 1.82) is 0 Å². The molecule has 2 aliphatic heterocycles. The molecule has 0 aromatic heterocycles. The third-order valence-electron chi connectivity index (χ3n) is 17.8. The fourth-order valence-electron chi connectivity index (χ4n) is 12.8. The lowest BCUT2D eigenvalue weighted by atomic mass is 9.80. The normalized spacial score (nSPS) is 13.1. The van der Waals surface area contributed by atoms with Gasteiger partial charge in [-0.3, -0.25) is 38.6 Å². The molecule has 2 heterocycles. The zero-order valence-corrected chi connectivity index (χ0v) is 60.0. The molecule has 26 heteroatoms. The van der Waals surface area contributed by atoms with Crippen LogP contribution < -0.4 is 18.9 Å². The van der Waals surface area contributed by atoms with Crippen molar-refractivity contribution in [3.63, 3.8) is 0 Å². The van der Waals surface area contributed by atoms with E-state index in [1.807, 2.05) is 0 Å². The number of carbonyl (C=O) groups is 10. The van der Waals surface area contributed by atoms with Crippen molar-refractivity contribution in [2.24, 2.45) is 11.8 Å². The van der Waals surface area contributed by atoms with Crippen LogP contribution in [0.4, 0.5) is 17.6 Å². The molecule has 108 heavy (non-hydrogen) atoms. The molecule has 0 radical (unpaired) electrons. The highest BCUT2D eigenvalue weighted by atomic mass is 19.1. The second-order valence-electron chi connectivity index (χ2n) is 26.6. The summed E-state index contributed by atoms with van der Waals surface area (Å²) in [6.45, 7) is 23.2. The van der Waals surface area contributed by atoms with Gasteiger partial charge in [0.1, 0.15) is 108 Å². The fourth-order valence-corrected chi connectivity index (χ4v) is 12.8. The Morgan fingerprint density at radius 2 is 0.546 bits per heavy atom. The molecule has 0 aliphatic carbocycles. The van der Waals surface area contributed by atoms with E-state index in [1.54, 1.807) is 27.7 Å². The van der Waals surface area contributed by atoms with E-state index in [0.717, 1.165) is 68.1 Å². The van der Waals surface area contributed by atoms with Gasteiger partial charge >= 0.3 is 23.9 Å². The first kappa shape index (κ1) is 76.4. The van der Waals surface area contributed by atoms with Gasteiger partial charge < -0.3 is 47.7 Å². The van der Waals surface area contributed by atoms with E-state index in [-0.39, 0.29) is 160 Å². The molecular formula is C82H72F4N4O18. The summed E-state index contributed by atoms with van der Waals surface area (Å²) >= 11 is 0. The smallest absolute Gasteiger partial charge is 0.333 e. The van der Waals surface area contributed by atoms with Crippen molar-refractivity contribution in [2.45, 2.75) is 67.5 Å². The summed E-state index contributed by atoms with van der Waals surface area (Å²) < 4.78 is 109. The molecule has 9 aromatic carbocycles. The number of amides is 6. The quantitative estimate of drug-likeness (QED) is 0.00771. The number of carbonyl (C=O) groups excluding carboxylic acids is 10. The zero-order valence-electron chi connectivity index (χ0n) is 60.0. The molecule has 0 saturated carbocycles. The molecule has 556 valence electrons. The standard InChI is InChI=1S/C82H72F4N4O18/c1-41(2)71(77(95)87(29-33-101-79(97)43(5)6)30-34-102-80(98)44(7)8)89-73(91)55-37-59(105-51-21-13-47(83)14-22-51)65-67-61(107-53-25-17-49(85)18-26-53)39-57-64-58(76(94)90(75(57)93)72(42(3)4)78(96)88(31-35-103-81(99)45(9)10)32-36-104-82(100)46(11)12)40-62(108-54-27-19-50(86)20-28-54)68(70(64)67)66-60(106-52-23-15-48(84)16-24-52)38-56(74(89)92)63(55)69(65)66/h13-28,37-42,71-72H,5,7,9,11,29-36H2,1-4,6,8,10,12H3. The molecule has 9 aromatic rings. The summed E-state index contributed by atoms with van der Waals surface area (Å²) in [5.41, 5.74) is -1.10. The van der Waals surface area contributed by atoms with E-state index in [0.29, 0.717) is 0 Å². The SMILES string of the molecule is C=C(C)C(=O)OCCN(CCOC(=O)C(=C)C)C(=O)C(C(C)C)N1C(=O)c2cc(Oc3ccc(F)cc3)c3c4c(Oc5ccc(F)cc5)cc5c6c(cc(Oc7ccc(F)cc7)c(c7c(Oc8ccc(F)cc8)cc(c2c37)C1=O)c64)C(=O)N(C(C(=O)N(CCOC(=O)C(=C)C)CCOC(=O)C(=C)C)C(C)C)C5=O. The van der Waals surface area contributed by atoms with E-state index in [4.69, 9.17) is 37.9 Å². The molecular weight excluding hydrogens is 1400 g/mol. The van der Waals surface area contributed by atoms with E-state index < -0.39 is 133 Å². The molecule has 6 amide bonds. The van der Waals surface area contributed by atoms with Gasteiger partial charge in [-0.1, -0.05) is 54.0 Å². The Hall–Kier alpha value is -12.7. The monoisotopic (exact) mass is 1480 g/mol. The van der Waals surface area contributed by atoms with Gasteiger partial charge in [-0.25, -0.2) is 36.7 Å². The molecule has 11 rings (SSSR count). The molecule has 0 saturated heterocycles. The van der Waals surface area contributed by atoms with Crippen LogP contribution in [-0.2, 0) is 47.7 Å². The number of hydrogen-bond donors (Lipinski definition) is 0. The van der Waals surface area contributed by atoms with Gasteiger partial charge in [-0.15, -0.1) is 0 Å². The van der Waals surface area contributed by atoms with Crippen LogP contribution in [0, 0.1) is 35.1 Å². The zero-order chi connectivity index (χ0) is 78.0. The summed E-state index contributed by atoms with van der Waals surface area (Å²) in [6.07, 6.45) is 0. The first-order valence-electron chi connectivity index (χ1n) is 34.1. The lowest BCUT2D eigenvalue weighted by Gasteiger charge is -2.39. The Morgan fingerprint density at radius 1 is 0.343 bits per heavy atom. The maximum atomic E-state index is 16.3. The van der Waals surface area contributed by atoms with Crippen molar-refractivity contribution in [2.75, 3.05) is 52.6 Å². The van der Waals surface area contributed by atoms with E-state index >= 15 is 46.3 Å². The van der Waals surface area contributed by atoms with Crippen LogP contribution in [0.5, 0.6) is 46.0 Å². The number of hydrogen-bond acceptors (Lipinski definition) is 18. The van der Waals surface area contributed by atoms with Crippen molar-refractivity contribution in [3.8, 4) is 46.0 Å². The summed E-state index contributed by atoms with van der Waals surface area (Å²) in [6, 6.07) is 20.4. The Bertz CT molecular complexity index is 4640. The number of esters is 4. The van der Waals surface area contributed by atoms with Crippen LogP contribution in [0.2, 0.25) is 0 Å². The van der Waals surface area contributed by atoms with Crippen molar-refractivity contribution >= 4 is 102 Å². The highest BCUT2D eigenvalue weighted by Crippen LogP contribution is 2.58. The topological polar surface area (TPSA) is 258 Å². The van der Waals surface area contributed by atoms with Crippen LogP contribution in [0.25, 0.3) is 43.1 Å². The number of rotatable bonds is 30. The van der Waals surface area contributed by atoms with Gasteiger partial charge in [0.2, 0.25) is 11.8 Å². The molecule has 0 bridgehead atoms. The van der Waals surface area contributed by atoms with Gasteiger partial charge in [0, 0.05) is 65.4 Å². The molecule has 2 aliphatic rings. The predicted octanol–water partition coefficient (Wildman–Crippen LogP) is 14.8. The molecule has 0 N–H and O–H groups in total. The van der Waals surface area contributed by atoms with Crippen LogP contribution in [0.3, 0.4) is 0 Å². The van der Waals surface area contributed by atoms with E-state index in [2.05, 4.69) is 26.3 Å². The lowest BCUT2D eigenvalue weighted by molar-refractivity contribution is -0.146. The Labute approximate surface area is 616 Å². The highest BCUT2D eigenvalue weighted by Gasteiger charge is 2.48. The second kappa shape index (κ2) is 31.5. The predicted molar refractivity (Wildman–Crippen MR) is 388 cm³/mol. The largest absolute Gasteiger partial charge is 0.460 e.